The van der Waals surface area contributed by atoms with Crippen LogP contribution >= 0.6 is 0 Å². The van der Waals surface area contributed by atoms with Crippen molar-refractivity contribution in [3.63, 3.8) is 0 Å². The number of hydrogen-bond donors (Lipinski definition) is 1. The number of carbonyl (C=O) groups excluding carboxylic acids is 1. The molecule has 1 aromatic heterocycles. The predicted molar refractivity (Wildman–Crippen MR) is 91.3 cm³/mol. The molecule has 0 aliphatic carbocycles. The zero-order chi connectivity index (χ0) is 16.4. The molecule has 23 heavy (non-hydrogen) atoms. The van der Waals surface area contributed by atoms with Gasteiger partial charge < -0.3 is 14.5 Å². The van der Waals surface area contributed by atoms with Crippen LogP contribution in [0.15, 0.2) is 46.9 Å². The summed E-state index contributed by atoms with van der Waals surface area (Å²) in [5, 5.41) is 3.79. The van der Waals surface area contributed by atoms with E-state index in [1.54, 1.807) is 7.11 Å². The van der Waals surface area contributed by atoms with Crippen LogP contribution in [0.5, 0.6) is 5.75 Å². The fraction of sp³-hybridized carbons (Fsp3) is 0.211. The highest BCUT2D eigenvalue weighted by Gasteiger charge is 2.18. The Kier molecular flexibility index (Phi) is 4.06. The average Bonchev–Trinajstić information content (AvgIpc) is 2.91. The van der Waals surface area contributed by atoms with Gasteiger partial charge in [0.25, 0.3) is 5.91 Å². The van der Waals surface area contributed by atoms with E-state index in [-0.39, 0.29) is 5.91 Å². The van der Waals surface area contributed by atoms with Gasteiger partial charge in [0.2, 0.25) is 0 Å². The average molecular weight is 309 g/mol. The second-order valence-corrected chi connectivity index (χ2v) is 5.43. The summed E-state index contributed by atoms with van der Waals surface area (Å²) in [6.45, 7) is 3.96. The van der Waals surface area contributed by atoms with Crippen LogP contribution in [0.25, 0.3) is 11.0 Å². The number of rotatable bonds is 4. The Balaban J connectivity index is 1.92. The van der Waals surface area contributed by atoms with Gasteiger partial charge in [-0.15, -0.1) is 0 Å². The third-order valence-corrected chi connectivity index (χ3v) is 3.94. The van der Waals surface area contributed by atoms with E-state index in [0.29, 0.717) is 11.3 Å². The van der Waals surface area contributed by atoms with Crippen molar-refractivity contribution in [2.45, 2.75) is 20.3 Å². The van der Waals surface area contributed by atoms with Crippen molar-refractivity contribution < 1.29 is 13.9 Å². The van der Waals surface area contributed by atoms with Gasteiger partial charge in [-0.1, -0.05) is 19.1 Å². The Morgan fingerprint density at radius 2 is 2.04 bits per heavy atom. The number of aryl methyl sites for hydroxylation is 2. The zero-order valence-corrected chi connectivity index (χ0v) is 13.5. The van der Waals surface area contributed by atoms with E-state index in [1.807, 2.05) is 49.4 Å². The lowest BCUT2D eigenvalue weighted by molar-refractivity contribution is 0.0998. The first-order valence-corrected chi connectivity index (χ1v) is 7.59. The molecule has 3 rings (SSSR count). The standard InChI is InChI=1S/C19H19NO3/c1-4-13-6-5-7-14(10-13)20-19(21)18-12(2)16-11-15(22-3)8-9-17(16)23-18/h5-11H,4H2,1-3H3,(H,20,21). The van der Waals surface area contributed by atoms with Crippen molar-refractivity contribution in [2.75, 3.05) is 12.4 Å². The molecule has 0 atom stereocenters. The predicted octanol–water partition coefficient (Wildman–Crippen LogP) is 4.56. The van der Waals surface area contributed by atoms with Crippen LogP contribution in [-0.4, -0.2) is 13.0 Å². The number of ether oxygens (including phenoxy) is 1. The summed E-state index contributed by atoms with van der Waals surface area (Å²) in [5.41, 5.74) is 3.43. The number of hydrogen-bond acceptors (Lipinski definition) is 3. The van der Waals surface area contributed by atoms with E-state index in [1.165, 1.54) is 5.56 Å². The number of anilines is 1. The molecule has 2 aromatic carbocycles. The van der Waals surface area contributed by atoms with Crippen molar-refractivity contribution in [1.29, 1.82) is 0 Å². The summed E-state index contributed by atoms with van der Waals surface area (Å²) in [4.78, 5) is 12.5. The van der Waals surface area contributed by atoms with Crippen molar-refractivity contribution in [2.24, 2.45) is 0 Å². The van der Waals surface area contributed by atoms with Gasteiger partial charge in [-0.3, -0.25) is 4.79 Å². The van der Waals surface area contributed by atoms with Gasteiger partial charge in [0.1, 0.15) is 11.3 Å². The Morgan fingerprint density at radius 1 is 1.22 bits per heavy atom. The molecule has 0 aliphatic heterocycles. The van der Waals surface area contributed by atoms with Crippen LogP contribution in [0.3, 0.4) is 0 Å². The van der Waals surface area contributed by atoms with Crippen LogP contribution < -0.4 is 10.1 Å². The smallest absolute Gasteiger partial charge is 0.291 e. The highest BCUT2D eigenvalue weighted by molar-refractivity contribution is 6.06. The first-order chi connectivity index (χ1) is 11.1. The van der Waals surface area contributed by atoms with Crippen LogP contribution in [0.2, 0.25) is 0 Å². The molecule has 4 nitrogen and oxygen atoms in total. The largest absolute Gasteiger partial charge is 0.497 e. The molecule has 0 saturated carbocycles. The monoisotopic (exact) mass is 309 g/mol. The van der Waals surface area contributed by atoms with Crippen molar-refractivity contribution in [3.05, 3.63) is 59.4 Å². The second-order valence-electron chi connectivity index (χ2n) is 5.43. The molecule has 1 heterocycles. The number of amides is 1. The highest BCUT2D eigenvalue weighted by atomic mass is 16.5. The van der Waals surface area contributed by atoms with Crippen molar-refractivity contribution in [1.82, 2.24) is 0 Å². The quantitative estimate of drug-likeness (QED) is 0.768. The van der Waals surface area contributed by atoms with Crippen LogP contribution in [0.1, 0.15) is 28.6 Å². The molecular weight excluding hydrogens is 290 g/mol. The minimum Gasteiger partial charge on any atom is -0.497 e. The van der Waals surface area contributed by atoms with Crippen molar-refractivity contribution in [3.8, 4) is 5.75 Å². The van der Waals surface area contributed by atoms with Gasteiger partial charge in [0.05, 0.1) is 7.11 Å². The molecule has 0 fully saturated rings. The number of methoxy groups -OCH3 is 1. The van der Waals surface area contributed by atoms with E-state index in [4.69, 9.17) is 9.15 Å². The fourth-order valence-electron chi connectivity index (χ4n) is 2.60. The van der Waals surface area contributed by atoms with Crippen molar-refractivity contribution >= 4 is 22.6 Å². The Bertz CT molecular complexity index is 864. The number of nitrogens with one attached hydrogen (secondary N) is 1. The minimum absolute atomic E-state index is 0.245. The topological polar surface area (TPSA) is 51.5 Å². The molecule has 0 unspecified atom stereocenters. The summed E-state index contributed by atoms with van der Waals surface area (Å²) in [6, 6.07) is 13.3. The number of benzene rings is 2. The van der Waals surface area contributed by atoms with Gasteiger partial charge in [0, 0.05) is 16.6 Å². The lowest BCUT2D eigenvalue weighted by atomic mass is 10.1. The first kappa shape index (κ1) is 15.2. The molecular formula is C19H19NO3. The highest BCUT2D eigenvalue weighted by Crippen LogP contribution is 2.29. The van der Waals surface area contributed by atoms with Crippen LogP contribution in [0, 0.1) is 6.92 Å². The maximum Gasteiger partial charge on any atom is 0.291 e. The Labute approximate surface area is 135 Å². The molecule has 0 spiro atoms. The Morgan fingerprint density at radius 3 is 2.78 bits per heavy atom. The Hall–Kier alpha value is -2.75. The van der Waals surface area contributed by atoms with E-state index in [0.717, 1.165) is 28.8 Å². The van der Waals surface area contributed by atoms with E-state index < -0.39 is 0 Å². The maximum atomic E-state index is 12.5. The molecule has 0 bridgehead atoms. The SMILES string of the molecule is CCc1cccc(NC(=O)c2oc3ccc(OC)cc3c2C)c1. The van der Waals surface area contributed by atoms with Gasteiger partial charge in [-0.25, -0.2) is 0 Å². The molecule has 118 valence electrons. The third kappa shape index (κ3) is 2.93. The van der Waals surface area contributed by atoms with Gasteiger partial charge in [-0.05, 0) is 49.2 Å². The summed E-state index contributed by atoms with van der Waals surface area (Å²) in [7, 11) is 1.62. The van der Waals surface area contributed by atoms with Gasteiger partial charge >= 0.3 is 0 Å². The van der Waals surface area contributed by atoms with E-state index >= 15 is 0 Å². The third-order valence-electron chi connectivity index (χ3n) is 3.94. The molecule has 4 heteroatoms. The molecule has 0 saturated heterocycles. The molecule has 1 N–H and O–H groups in total. The van der Waals surface area contributed by atoms with Gasteiger partial charge in [-0.2, -0.15) is 0 Å². The lowest BCUT2D eigenvalue weighted by Crippen LogP contribution is -2.12. The molecule has 3 aromatic rings. The zero-order valence-electron chi connectivity index (χ0n) is 13.5. The number of furan rings is 1. The second kappa shape index (κ2) is 6.16. The maximum absolute atomic E-state index is 12.5. The summed E-state index contributed by atoms with van der Waals surface area (Å²) < 4.78 is 10.9. The van der Waals surface area contributed by atoms with E-state index in [9.17, 15) is 4.79 Å². The van der Waals surface area contributed by atoms with Crippen LogP contribution in [-0.2, 0) is 6.42 Å². The fourth-order valence-corrected chi connectivity index (χ4v) is 2.60. The number of fused-ring (bicyclic) bond motifs is 1. The molecule has 0 radical (unpaired) electrons. The first-order valence-electron chi connectivity index (χ1n) is 7.59. The summed E-state index contributed by atoms with van der Waals surface area (Å²) in [6.07, 6.45) is 0.924. The lowest BCUT2D eigenvalue weighted by Gasteiger charge is -2.05. The summed E-state index contributed by atoms with van der Waals surface area (Å²) >= 11 is 0. The minimum atomic E-state index is -0.245. The molecule has 0 aliphatic rings. The summed E-state index contributed by atoms with van der Waals surface area (Å²) in [5.74, 6) is 0.824. The van der Waals surface area contributed by atoms with E-state index in [2.05, 4.69) is 12.2 Å². The molecule has 1 amide bonds. The normalized spacial score (nSPS) is 10.7. The van der Waals surface area contributed by atoms with Crippen LogP contribution in [0.4, 0.5) is 5.69 Å². The van der Waals surface area contributed by atoms with Gasteiger partial charge in [0.15, 0.2) is 5.76 Å². The number of carbonyl (C=O) groups is 1.